The van der Waals surface area contributed by atoms with Crippen LogP contribution < -0.4 is 11.3 Å². The molecule has 0 unspecified atom stereocenters. The van der Waals surface area contributed by atoms with Gasteiger partial charge in [-0.05, 0) is 36.8 Å². The number of aromatic nitrogens is 3. The van der Waals surface area contributed by atoms with Crippen LogP contribution >= 0.6 is 0 Å². The number of nitrogens with two attached hydrogens (primary N) is 1. The Labute approximate surface area is 104 Å². The molecular formula is C13H14N4O. The monoisotopic (exact) mass is 242 g/mol. The standard InChI is InChI=1S/C13H14N4O/c14-10-2-1-5-16(12(10)18)11-6-9-7-13(3-4-13)8-17(9)15-11/h1-2,5-6H,3-4,7-8,14H2. The third-order valence-electron chi connectivity index (χ3n) is 4.07. The van der Waals surface area contributed by atoms with Crippen LogP contribution in [0.4, 0.5) is 5.69 Å². The number of nitrogen functional groups attached to an aromatic ring is 1. The molecule has 1 spiro atoms. The maximum absolute atomic E-state index is 11.9. The van der Waals surface area contributed by atoms with Gasteiger partial charge in [0.05, 0.1) is 5.69 Å². The van der Waals surface area contributed by atoms with Crippen LogP contribution in [0.3, 0.4) is 0 Å². The lowest BCUT2D eigenvalue weighted by molar-refractivity contribution is 0.470. The second-order valence-corrected chi connectivity index (χ2v) is 5.47. The summed E-state index contributed by atoms with van der Waals surface area (Å²) >= 11 is 0. The fourth-order valence-corrected chi connectivity index (χ4v) is 2.80. The van der Waals surface area contributed by atoms with Gasteiger partial charge in [-0.3, -0.25) is 14.0 Å². The molecule has 4 rings (SSSR count). The van der Waals surface area contributed by atoms with E-state index in [2.05, 4.69) is 5.10 Å². The van der Waals surface area contributed by atoms with Crippen molar-refractivity contribution >= 4 is 5.69 Å². The summed E-state index contributed by atoms with van der Waals surface area (Å²) in [4.78, 5) is 11.9. The van der Waals surface area contributed by atoms with E-state index in [0.717, 1.165) is 13.0 Å². The first-order chi connectivity index (χ1) is 8.67. The minimum Gasteiger partial charge on any atom is -0.394 e. The van der Waals surface area contributed by atoms with E-state index in [1.165, 1.54) is 23.1 Å². The molecule has 0 aromatic carbocycles. The molecule has 18 heavy (non-hydrogen) atoms. The van der Waals surface area contributed by atoms with Crippen LogP contribution in [0, 0.1) is 5.41 Å². The number of rotatable bonds is 1. The van der Waals surface area contributed by atoms with Gasteiger partial charge in [0.15, 0.2) is 5.82 Å². The Morgan fingerprint density at radius 3 is 2.94 bits per heavy atom. The summed E-state index contributed by atoms with van der Waals surface area (Å²) in [6.45, 7) is 0.999. The molecule has 1 aliphatic heterocycles. The molecule has 92 valence electrons. The van der Waals surface area contributed by atoms with Gasteiger partial charge in [0.25, 0.3) is 5.56 Å². The zero-order chi connectivity index (χ0) is 12.3. The molecule has 2 aliphatic rings. The fourth-order valence-electron chi connectivity index (χ4n) is 2.80. The Bertz CT molecular complexity index is 668. The molecule has 2 aromatic rings. The lowest BCUT2D eigenvalue weighted by atomic mass is 10.1. The summed E-state index contributed by atoms with van der Waals surface area (Å²) in [6, 6.07) is 5.39. The first kappa shape index (κ1) is 9.94. The predicted molar refractivity (Wildman–Crippen MR) is 67.6 cm³/mol. The van der Waals surface area contributed by atoms with Crippen molar-refractivity contribution in [3.8, 4) is 5.82 Å². The van der Waals surface area contributed by atoms with Gasteiger partial charge in [0, 0.05) is 24.5 Å². The molecule has 1 aliphatic carbocycles. The number of hydrogen-bond acceptors (Lipinski definition) is 3. The minimum atomic E-state index is -0.199. The van der Waals surface area contributed by atoms with Crippen molar-refractivity contribution in [2.75, 3.05) is 5.73 Å². The summed E-state index contributed by atoms with van der Waals surface area (Å²) in [7, 11) is 0. The average molecular weight is 242 g/mol. The first-order valence-electron chi connectivity index (χ1n) is 6.21. The van der Waals surface area contributed by atoms with Crippen LogP contribution in [0.25, 0.3) is 5.82 Å². The van der Waals surface area contributed by atoms with Gasteiger partial charge >= 0.3 is 0 Å². The molecule has 3 heterocycles. The largest absolute Gasteiger partial charge is 0.394 e. The summed E-state index contributed by atoms with van der Waals surface area (Å²) in [5.74, 6) is 0.679. The maximum Gasteiger partial charge on any atom is 0.279 e. The van der Waals surface area contributed by atoms with Gasteiger partial charge in [-0.1, -0.05) is 0 Å². The van der Waals surface area contributed by atoms with Crippen LogP contribution in [-0.2, 0) is 13.0 Å². The second-order valence-electron chi connectivity index (χ2n) is 5.47. The van der Waals surface area contributed by atoms with Crippen molar-refractivity contribution < 1.29 is 0 Å². The van der Waals surface area contributed by atoms with E-state index in [1.54, 1.807) is 18.3 Å². The highest BCUT2D eigenvalue weighted by Crippen LogP contribution is 2.53. The number of hydrogen-bond donors (Lipinski definition) is 1. The molecule has 2 aromatic heterocycles. The van der Waals surface area contributed by atoms with Gasteiger partial charge in [-0.15, -0.1) is 0 Å². The molecule has 0 amide bonds. The van der Waals surface area contributed by atoms with E-state index in [-0.39, 0.29) is 11.2 Å². The van der Waals surface area contributed by atoms with Crippen LogP contribution in [0.5, 0.6) is 0 Å². The number of anilines is 1. The van der Waals surface area contributed by atoms with Crippen LogP contribution in [0.2, 0.25) is 0 Å². The molecule has 2 N–H and O–H groups in total. The Balaban J connectivity index is 1.79. The van der Waals surface area contributed by atoms with Crippen molar-refractivity contribution in [2.45, 2.75) is 25.8 Å². The third-order valence-corrected chi connectivity index (χ3v) is 4.07. The van der Waals surface area contributed by atoms with Crippen molar-refractivity contribution in [2.24, 2.45) is 5.41 Å². The highest BCUT2D eigenvalue weighted by Gasteiger charge is 2.48. The Hall–Kier alpha value is -2.04. The SMILES string of the molecule is Nc1cccn(-c2cc3n(n2)CC2(CC2)C3)c1=O. The molecule has 0 radical (unpaired) electrons. The minimum absolute atomic E-state index is 0.199. The van der Waals surface area contributed by atoms with E-state index in [4.69, 9.17) is 5.73 Å². The first-order valence-corrected chi connectivity index (χ1v) is 6.21. The Morgan fingerprint density at radius 2 is 2.22 bits per heavy atom. The van der Waals surface area contributed by atoms with Crippen molar-refractivity contribution in [3.63, 3.8) is 0 Å². The Kier molecular flexibility index (Phi) is 1.68. The summed E-state index contributed by atoms with van der Waals surface area (Å²) in [6.07, 6.45) is 5.43. The quantitative estimate of drug-likeness (QED) is 0.809. The number of fused-ring (bicyclic) bond motifs is 1. The van der Waals surface area contributed by atoms with Crippen LogP contribution in [0.15, 0.2) is 29.2 Å². The Morgan fingerprint density at radius 1 is 1.39 bits per heavy atom. The lowest BCUT2D eigenvalue weighted by Gasteiger charge is -2.04. The highest BCUT2D eigenvalue weighted by molar-refractivity contribution is 5.38. The zero-order valence-corrected chi connectivity index (χ0v) is 9.97. The smallest absolute Gasteiger partial charge is 0.279 e. The van der Waals surface area contributed by atoms with E-state index < -0.39 is 0 Å². The van der Waals surface area contributed by atoms with E-state index >= 15 is 0 Å². The van der Waals surface area contributed by atoms with E-state index in [1.807, 2.05) is 10.7 Å². The van der Waals surface area contributed by atoms with Gasteiger partial charge in [-0.25, -0.2) is 0 Å². The molecule has 5 nitrogen and oxygen atoms in total. The summed E-state index contributed by atoms with van der Waals surface area (Å²) in [5, 5.41) is 4.52. The highest BCUT2D eigenvalue weighted by atomic mass is 16.1. The van der Waals surface area contributed by atoms with Crippen molar-refractivity contribution in [1.82, 2.24) is 14.3 Å². The summed E-state index contributed by atoms with van der Waals surface area (Å²) in [5.41, 5.74) is 7.42. The molecular weight excluding hydrogens is 228 g/mol. The summed E-state index contributed by atoms with van der Waals surface area (Å²) < 4.78 is 3.55. The fraction of sp³-hybridized carbons (Fsp3) is 0.385. The molecule has 5 heteroatoms. The molecule has 0 atom stereocenters. The third kappa shape index (κ3) is 1.27. The maximum atomic E-state index is 11.9. The number of pyridine rings is 1. The van der Waals surface area contributed by atoms with E-state index in [0.29, 0.717) is 11.2 Å². The van der Waals surface area contributed by atoms with Gasteiger partial charge in [-0.2, -0.15) is 5.10 Å². The van der Waals surface area contributed by atoms with Gasteiger partial charge in [0.1, 0.15) is 0 Å². The molecule has 0 bridgehead atoms. The molecule has 1 saturated carbocycles. The van der Waals surface area contributed by atoms with E-state index in [9.17, 15) is 4.79 Å². The van der Waals surface area contributed by atoms with Crippen molar-refractivity contribution in [3.05, 3.63) is 40.4 Å². The number of nitrogens with zero attached hydrogens (tertiary/aromatic N) is 3. The lowest BCUT2D eigenvalue weighted by Crippen LogP contribution is -2.21. The predicted octanol–water partition coefficient (Wildman–Crippen LogP) is 0.952. The van der Waals surface area contributed by atoms with Crippen LogP contribution in [-0.4, -0.2) is 14.3 Å². The zero-order valence-electron chi connectivity index (χ0n) is 9.97. The second kappa shape index (κ2) is 3.04. The van der Waals surface area contributed by atoms with Gasteiger partial charge in [0.2, 0.25) is 0 Å². The van der Waals surface area contributed by atoms with Crippen molar-refractivity contribution in [1.29, 1.82) is 0 Å². The van der Waals surface area contributed by atoms with Gasteiger partial charge < -0.3 is 5.73 Å². The van der Waals surface area contributed by atoms with Crippen LogP contribution in [0.1, 0.15) is 18.5 Å². The topological polar surface area (TPSA) is 65.8 Å². The average Bonchev–Trinajstić information content (AvgIpc) is 2.83. The normalized spacial score (nSPS) is 19.1. The molecule has 1 fully saturated rings. The molecule has 0 saturated heterocycles.